The summed E-state index contributed by atoms with van der Waals surface area (Å²) in [6.45, 7) is 0. The summed E-state index contributed by atoms with van der Waals surface area (Å²) in [5.41, 5.74) is 12.2. The largest absolute Gasteiger partial charge is 0.456 e. The number of para-hydroxylation sites is 1. The molecule has 2 aromatic heterocycles. The first-order valence-electron chi connectivity index (χ1n) is 17.8. The Morgan fingerprint density at radius 3 is 1.85 bits per heavy atom. The zero-order valence-corrected chi connectivity index (χ0v) is 29.0. The topological polar surface area (TPSA) is 16.4 Å². The molecule has 1 aliphatic rings. The fourth-order valence-corrected chi connectivity index (χ4v) is 10.0. The molecule has 3 heteroatoms. The minimum absolute atomic E-state index is 0.541. The molecule has 244 valence electrons. The Hall–Kier alpha value is -6.42. The molecule has 11 rings (SSSR count). The zero-order valence-electron chi connectivity index (χ0n) is 28.2. The summed E-state index contributed by atoms with van der Waals surface area (Å²) in [5, 5.41) is 4.79. The standard InChI is InChI=1S/C49H31NOS/c1-3-15-32(16-4-1)49(39-22-10-7-19-35(39)36-20-8-11-23-40(36)49)41-24-13-26-44-47(41)38-31-34(29-30-43(38)51-44)50(33-17-5-2-6-18-33)42-25-14-28-46-48(42)37-21-9-12-27-45(37)52-46/h1-31H. The number of hydrogen-bond acceptors (Lipinski definition) is 3. The Morgan fingerprint density at radius 2 is 1.06 bits per heavy atom. The second kappa shape index (κ2) is 11.3. The first-order chi connectivity index (χ1) is 25.8. The highest BCUT2D eigenvalue weighted by molar-refractivity contribution is 7.26. The highest BCUT2D eigenvalue weighted by Crippen LogP contribution is 2.58. The van der Waals surface area contributed by atoms with Crippen molar-refractivity contribution in [1.29, 1.82) is 0 Å². The molecular formula is C49H31NOS. The van der Waals surface area contributed by atoms with Gasteiger partial charge in [0.05, 0.1) is 11.1 Å². The Bertz CT molecular complexity index is 2930. The molecule has 0 amide bonds. The van der Waals surface area contributed by atoms with Crippen molar-refractivity contribution in [2.45, 2.75) is 5.41 Å². The fraction of sp³-hybridized carbons (Fsp3) is 0.0204. The van der Waals surface area contributed by atoms with E-state index in [2.05, 4.69) is 193 Å². The molecule has 0 aliphatic heterocycles. The third-order valence-electron chi connectivity index (χ3n) is 10.9. The van der Waals surface area contributed by atoms with E-state index in [1.807, 2.05) is 11.3 Å². The summed E-state index contributed by atoms with van der Waals surface area (Å²) in [4.78, 5) is 2.41. The maximum Gasteiger partial charge on any atom is 0.135 e. The highest BCUT2D eigenvalue weighted by Gasteiger charge is 2.47. The SMILES string of the molecule is c1ccc(N(c2ccc3oc4cccc(C5(c6ccccc6)c6ccccc6-c6ccccc65)c4c3c2)c2cccc3sc4ccccc4c23)cc1. The van der Waals surface area contributed by atoms with Gasteiger partial charge >= 0.3 is 0 Å². The second-order valence-corrected chi connectivity index (χ2v) is 14.7. The van der Waals surface area contributed by atoms with E-state index >= 15 is 0 Å². The minimum atomic E-state index is -0.541. The van der Waals surface area contributed by atoms with Gasteiger partial charge in [-0.3, -0.25) is 0 Å². The summed E-state index contributed by atoms with van der Waals surface area (Å²) in [5.74, 6) is 0. The lowest BCUT2D eigenvalue weighted by molar-refractivity contribution is 0.667. The van der Waals surface area contributed by atoms with E-state index < -0.39 is 5.41 Å². The maximum atomic E-state index is 6.75. The van der Waals surface area contributed by atoms with E-state index in [4.69, 9.17) is 4.42 Å². The van der Waals surface area contributed by atoms with Crippen molar-refractivity contribution < 1.29 is 4.42 Å². The molecule has 2 heterocycles. The summed E-state index contributed by atoms with van der Waals surface area (Å²) >= 11 is 1.85. The number of nitrogens with zero attached hydrogens (tertiary/aromatic N) is 1. The Labute approximate surface area is 305 Å². The van der Waals surface area contributed by atoms with Gasteiger partial charge in [-0.2, -0.15) is 0 Å². The van der Waals surface area contributed by atoms with Crippen LogP contribution < -0.4 is 4.90 Å². The van der Waals surface area contributed by atoms with Gasteiger partial charge < -0.3 is 9.32 Å². The molecule has 0 saturated heterocycles. The molecular weight excluding hydrogens is 651 g/mol. The monoisotopic (exact) mass is 681 g/mol. The van der Waals surface area contributed by atoms with Crippen molar-refractivity contribution in [2.75, 3.05) is 4.90 Å². The normalized spacial score (nSPS) is 13.2. The molecule has 1 aliphatic carbocycles. The summed E-state index contributed by atoms with van der Waals surface area (Å²) in [6.07, 6.45) is 0. The molecule has 0 fully saturated rings. The van der Waals surface area contributed by atoms with Crippen LogP contribution >= 0.6 is 11.3 Å². The smallest absolute Gasteiger partial charge is 0.135 e. The number of furan rings is 1. The lowest BCUT2D eigenvalue weighted by Crippen LogP contribution is -2.28. The van der Waals surface area contributed by atoms with Crippen LogP contribution in [0.4, 0.5) is 17.1 Å². The fourth-order valence-electron chi connectivity index (χ4n) is 8.89. The predicted molar refractivity (Wildman–Crippen MR) is 219 cm³/mol. The molecule has 0 spiro atoms. The van der Waals surface area contributed by atoms with E-state index in [1.165, 1.54) is 53.6 Å². The van der Waals surface area contributed by atoms with Crippen LogP contribution in [0, 0.1) is 0 Å². The highest BCUT2D eigenvalue weighted by atomic mass is 32.1. The average molecular weight is 682 g/mol. The molecule has 0 N–H and O–H groups in total. The molecule has 2 nitrogen and oxygen atoms in total. The lowest BCUT2D eigenvalue weighted by atomic mass is 9.66. The van der Waals surface area contributed by atoms with Crippen molar-refractivity contribution in [3.63, 3.8) is 0 Å². The summed E-state index contributed by atoms with van der Waals surface area (Å²) in [7, 11) is 0. The zero-order chi connectivity index (χ0) is 34.2. The molecule has 0 unspecified atom stereocenters. The van der Waals surface area contributed by atoms with Crippen LogP contribution in [-0.4, -0.2) is 0 Å². The molecule has 0 bridgehead atoms. The summed E-state index contributed by atoms with van der Waals surface area (Å²) < 4.78 is 9.33. The quantitative estimate of drug-likeness (QED) is 0.180. The van der Waals surface area contributed by atoms with Crippen molar-refractivity contribution in [1.82, 2.24) is 0 Å². The minimum Gasteiger partial charge on any atom is -0.456 e. The Morgan fingerprint density at radius 1 is 0.423 bits per heavy atom. The van der Waals surface area contributed by atoms with E-state index in [0.717, 1.165) is 39.0 Å². The van der Waals surface area contributed by atoms with Crippen LogP contribution in [0.25, 0.3) is 53.2 Å². The second-order valence-electron chi connectivity index (χ2n) is 13.6. The maximum absolute atomic E-state index is 6.75. The van der Waals surface area contributed by atoms with Crippen LogP contribution in [0.1, 0.15) is 22.3 Å². The third kappa shape index (κ3) is 4.06. The lowest BCUT2D eigenvalue weighted by Gasteiger charge is -2.34. The Balaban J connectivity index is 1.23. The van der Waals surface area contributed by atoms with Gasteiger partial charge in [0.15, 0.2) is 0 Å². The van der Waals surface area contributed by atoms with Gasteiger partial charge in [-0.1, -0.05) is 133 Å². The van der Waals surface area contributed by atoms with Gasteiger partial charge in [0.25, 0.3) is 0 Å². The van der Waals surface area contributed by atoms with Crippen LogP contribution in [0.3, 0.4) is 0 Å². The van der Waals surface area contributed by atoms with Crippen LogP contribution in [0.15, 0.2) is 192 Å². The van der Waals surface area contributed by atoms with Gasteiger partial charge in [0, 0.05) is 42.3 Å². The van der Waals surface area contributed by atoms with Gasteiger partial charge in [-0.05, 0) is 88.0 Å². The van der Waals surface area contributed by atoms with Crippen molar-refractivity contribution in [3.05, 3.63) is 210 Å². The van der Waals surface area contributed by atoms with E-state index in [1.54, 1.807) is 0 Å². The van der Waals surface area contributed by atoms with Gasteiger partial charge in [0.2, 0.25) is 0 Å². The van der Waals surface area contributed by atoms with Crippen molar-refractivity contribution >= 4 is 70.5 Å². The van der Waals surface area contributed by atoms with E-state index in [-0.39, 0.29) is 0 Å². The van der Waals surface area contributed by atoms with Crippen LogP contribution in [0.5, 0.6) is 0 Å². The first-order valence-corrected chi connectivity index (χ1v) is 18.6. The van der Waals surface area contributed by atoms with E-state index in [0.29, 0.717) is 0 Å². The van der Waals surface area contributed by atoms with E-state index in [9.17, 15) is 0 Å². The number of hydrogen-bond donors (Lipinski definition) is 0. The van der Waals surface area contributed by atoms with Gasteiger partial charge in [0.1, 0.15) is 11.2 Å². The number of thiophene rings is 1. The number of rotatable bonds is 5. The molecule has 8 aromatic carbocycles. The molecule has 0 atom stereocenters. The first kappa shape index (κ1) is 29.3. The molecule has 10 aromatic rings. The number of anilines is 3. The number of benzene rings is 8. The van der Waals surface area contributed by atoms with Crippen molar-refractivity contribution in [2.24, 2.45) is 0 Å². The van der Waals surface area contributed by atoms with Gasteiger partial charge in [-0.15, -0.1) is 11.3 Å². The third-order valence-corrected chi connectivity index (χ3v) is 12.1. The summed E-state index contributed by atoms with van der Waals surface area (Å²) in [6, 6.07) is 68.4. The van der Waals surface area contributed by atoms with Gasteiger partial charge in [-0.25, -0.2) is 0 Å². The molecule has 0 radical (unpaired) electrons. The Kier molecular flexibility index (Phi) is 6.37. The predicted octanol–water partition coefficient (Wildman–Crippen LogP) is 13.8. The van der Waals surface area contributed by atoms with Crippen LogP contribution in [0.2, 0.25) is 0 Å². The van der Waals surface area contributed by atoms with Crippen molar-refractivity contribution in [3.8, 4) is 11.1 Å². The average Bonchev–Trinajstić information content (AvgIpc) is 3.87. The molecule has 52 heavy (non-hydrogen) atoms. The number of fused-ring (bicyclic) bond motifs is 9. The van der Waals surface area contributed by atoms with Crippen LogP contribution in [-0.2, 0) is 5.41 Å². The molecule has 0 saturated carbocycles.